The van der Waals surface area contributed by atoms with Crippen LogP contribution in [0.5, 0.6) is 11.5 Å². The summed E-state index contributed by atoms with van der Waals surface area (Å²) in [5.74, 6) is 0.899. The zero-order chi connectivity index (χ0) is 52.4. The van der Waals surface area contributed by atoms with Crippen LogP contribution in [-0.2, 0) is 13.2 Å². The van der Waals surface area contributed by atoms with Crippen molar-refractivity contribution >= 4 is 47.1 Å². The molecular weight excluding hydrogens is 964 g/mol. The molecule has 392 valence electrons. The zero-order valence-corrected chi connectivity index (χ0v) is 44.7. The molecule has 12 heteroatoms. The van der Waals surface area contributed by atoms with Gasteiger partial charge in [-0.25, -0.2) is 19.2 Å². The van der Waals surface area contributed by atoms with E-state index in [1.54, 1.807) is 48.5 Å². The standard InChI is InChI=1S/C61H74Cl2O10/c1-35(2)8-6-9-36(3)49-22-23-50-46-21-20-44-28-37(24-26-60(44,4)51(46)25-27-61(49,50)5)10-7-11-45(42-29-47(58(68)69)54(52(62)31-42)72-33-38-12-16-40(17-13-38)56(64)65)43-30-48(59(70)71)55(53(63)32-43)73-34-39-14-18-41(19-15-39)57(66)67/h12-19,29-32,35-37,44-46,49-51H,6-11,20-28,33-34H2,1-5H3,(H,64,65)(H,66,67)(H,68,69)(H,70,71)/t36?,37-,44?,46?,49+,50?,51?,60-,61+/m0/s1. The fourth-order valence-corrected chi connectivity index (χ4v) is 15.4. The van der Waals surface area contributed by atoms with Crippen molar-refractivity contribution in [3.8, 4) is 11.5 Å². The van der Waals surface area contributed by atoms with Crippen LogP contribution >= 0.6 is 23.2 Å². The Hall–Kier alpha value is -5.06. The largest absolute Gasteiger partial charge is 0.486 e. The smallest absolute Gasteiger partial charge is 0.339 e. The van der Waals surface area contributed by atoms with Crippen molar-refractivity contribution in [2.45, 2.75) is 150 Å². The lowest BCUT2D eigenvalue weighted by Gasteiger charge is -2.61. The Morgan fingerprint density at radius 1 is 0.603 bits per heavy atom. The van der Waals surface area contributed by atoms with Crippen LogP contribution in [0.15, 0.2) is 72.8 Å². The second-order valence-corrected chi connectivity index (χ2v) is 24.1. The lowest BCUT2D eigenvalue weighted by atomic mass is 9.44. The molecule has 10 nitrogen and oxygen atoms in total. The molecule has 5 unspecified atom stereocenters. The van der Waals surface area contributed by atoms with Crippen molar-refractivity contribution in [2.24, 2.45) is 58.2 Å². The number of carbonyl (C=O) groups is 4. The third kappa shape index (κ3) is 11.8. The van der Waals surface area contributed by atoms with Gasteiger partial charge in [0.05, 0.1) is 21.2 Å². The molecule has 4 N–H and O–H groups in total. The van der Waals surface area contributed by atoms with E-state index < -0.39 is 29.8 Å². The molecule has 4 aromatic rings. The van der Waals surface area contributed by atoms with Gasteiger partial charge in [0.25, 0.3) is 0 Å². The number of aromatic carboxylic acids is 4. The van der Waals surface area contributed by atoms with Gasteiger partial charge in [-0.1, -0.05) is 114 Å². The van der Waals surface area contributed by atoms with Crippen molar-refractivity contribution in [2.75, 3.05) is 0 Å². The molecule has 0 amide bonds. The van der Waals surface area contributed by atoms with E-state index in [2.05, 4.69) is 34.6 Å². The quantitative estimate of drug-likeness (QED) is 0.0630. The summed E-state index contributed by atoms with van der Waals surface area (Å²) in [4.78, 5) is 48.8. The van der Waals surface area contributed by atoms with E-state index in [1.807, 2.05) is 0 Å². The third-order valence-corrected chi connectivity index (χ3v) is 19.2. The SMILES string of the molecule is CC(C)CCCC(C)[C@H]1CCC2C3CCC4C[C@@H](CCCC(c5cc(Cl)c(OCc6ccc(C(=O)O)cc6)c(C(=O)O)c5)c5cc(Cl)c(OCc6ccc(C(=O)O)cc6)c(C(=O)O)c5)CC[C@]4(C)C3CC[C@@]21C. The molecule has 0 aromatic heterocycles. The van der Waals surface area contributed by atoms with Crippen LogP contribution in [0.4, 0.5) is 0 Å². The Bertz CT molecular complexity index is 2520. The first-order valence-electron chi connectivity index (χ1n) is 26.8. The van der Waals surface area contributed by atoms with Gasteiger partial charge in [-0.05, 0) is 193 Å². The molecule has 0 bridgehead atoms. The van der Waals surface area contributed by atoms with Crippen LogP contribution in [0.25, 0.3) is 0 Å². The van der Waals surface area contributed by atoms with Crippen molar-refractivity contribution in [1.29, 1.82) is 0 Å². The predicted octanol–water partition coefficient (Wildman–Crippen LogP) is 16.0. The molecule has 9 atom stereocenters. The Balaban J connectivity index is 1.00. The number of hydrogen-bond donors (Lipinski definition) is 4. The molecule has 73 heavy (non-hydrogen) atoms. The van der Waals surface area contributed by atoms with Crippen LogP contribution in [0.1, 0.15) is 201 Å². The molecule has 4 saturated carbocycles. The normalized spacial score (nSPS) is 25.9. The molecule has 0 saturated heterocycles. The lowest BCUT2D eigenvalue weighted by Crippen LogP contribution is -2.53. The fourth-order valence-electron chi connectivity index (χ4n) is 14.8. The van der Waals surface area contributed by atoms with E-state index >= 15 is 0 Å². The molecular formula is C61H74Cl2O10. The average Bonchev–Trinajstić information content (AvgIpc) is 3.71. The summed E-state index contributed by atoms with van der Waals surface area (Å²) in [7, 11) is 0. The summed E-state index contributed by atoms with van der Waals surface area (Å²) in [5, 5.41) is 40.0. The summed E-state index contributed by atoms with van der Waals surface area (Å²) in [6.07, 6.45) is 18.2. The first kappa shape index (κ1) is 54.2. The van der Waals surface area contributed by atoms with Gasteiger partial charge < -0.3 is 29.9 Å². The molecule has 0 aliphatic heterocycles. The second kappa shape index (κ2) is 22.8. The summed E-state index contributed by atoms with van der Waals surface area (Å²) in [6, 6.07) is 18.6. The van der Waals surface area contributed by atoms with E-state index in [-0.39, 0.29) is 57.0 Å². The molecule has 0 radical (unpaired) electrons. The molecule has 8 rings (SSSR count). The maximum Gasteiger partial charge on any atom is 0.339 e. The molecule has 4 fully saturated rings. The fraction of sp³-hybridized carbons (Fsp3) is 0.541. The summed E-state index contributed by atoms with van der Waals surface area (Å²) >= 11 is 13.9. The lowest BCUT2D eigenvalue weighted by molar-refractivity contribution is -0.121. The van der Waals surface area contributed by atoms with E-state index in [9.17, 15) is 39.6 Å². The summed E-state index contributed by atoms with van der Waals surface area (Å²) in [5.41, 5.74) is 3.09. The topological polar surface area (TPSA) is 168 Å². The highest BCUT2D eigenvalue weighted by atomic mass is 35.5. The number of rotatable bonds is 21. The maximum absolute atomic E-state index is 13.0. The minimum atomic E-state index is -1.26. The van der Waals surface area contributed by atoms with Gasteiger partial charge in [0.2, 0.25) is 0 Å². The Morgan fingerprint density at radius 3 is 1.63 bits per heavy atom. The zero-order valence-electron chi connectivity index (χ0n) is 43.1. The van der Waals surface area contributed by atoms with E-state index in [0.29, 0.717) is 51.3 Å². The van der Waals surface area contributed by atoms with Gasteiger partial charge in [-0.3, -0.25) is 0 Å². The Kier molecular flexibility index (Phi) is 16.9. The van der Waals surface area contributed by atoms with E-state index in [4.69, 9.17) is 32.7 Å². The Labute approximate surface area is 441 Å². The van der Waals surface area contributed by atoms with Gasteiger partial charge in [0, 0.05) is 5.92 Å². The average molecular weight is 1040 g/mol. The molecule has 4 aromatic carbocycles. The van der Waals surface area contributed by atoms with Crippen LogP contribution < -0.4 is 9.47 Å². The van der Waals surface area contributed by atoms with Crippen molar-refractivity contribution in [3.05, 3.63) is 127 Å². The van der Waals surface area contributed by atoms with Gasteiger partial charge in [0.15, 0.2) is 11.5 Å². The highest BCUT2D eigenvalue weighted by molar-refractivity contribution is 6.33. The monoisotopic (exact) mass is 1040 g/mol. The van der Waals surface area contributed by atoms with Crippen LogP contribution in [-0.4, -0.2) is 44.3 Å². The van der Waals surface area contributed by atoms with Crippen LogP contribution in [0, 0.1) is 58.2 Å². The van der Waals surface area contributed by atoms with Crippen molar-refractivity contribution in [1.82, 2.24) is 0 Å². The maximum atomic E-state index is 13.0. The number of benzene rings is 4. The van der Waals surface area contributed by atoms with Crippen LogP contribution in [0.2, 0.25) is 10.0 Å². The number of hydrogen-bond acceptors (Lipinski definition) is 6. The minimum absolute atomic E-state index is 0.0367. The molecule has 0 spiro atoms. The van der Waals surface area contributed by atoms with Crippen LogP contribution in [0.3, 0.4) is 0 Å². The molecule has 0 heterocycles. The van der Waals surface area contributed by atoms with Gasteiger partial charge in [0.1, 0.15) is 24.3 Å². The highest BCUT2D eigenvalue weighted by Gasteiger charge is 2.60. The first-order valence-corrected chi connectivity index (χ1v) is 27.6. The number of carboxylic acids is 4. The van der Waals surface area contributed by atoms with Gasteiger partial charge in [-0.15, -0.1) is 0 Å². The van der Waals surface area contributed by atoms with Crippen molar-refractivity contribution in [3.63, 3.8) is 0 Å². The number of halogens is 2. The number of ether oxygens (including phenoxy) is 2. The number of fused-ring (bicyclic) bond motifs is 5. The van der Waals surface area contributed by atoms with E-state index in [1.165, 1.54) is 101 Å². The second-order valence-electron chi connectivity index (χ2n) is 23.3. The van der Waals surface area contributed by atoms with Gasteiger partial charge >= 0.3 is 23.9 Å². The van der Waals surface area contributed by atoms with Crippen molar-refractivity contribution < 1.29 is 49.1 Å². The predicted molar refractivity (Wildman–Crippen MR) is 285 cm³/mol. The minimum Gasteiger partial charge on any atom is -0.486 e. The van der Waals surface area contributed by atoms with E-state index in [0.717, 1.165) is 48.3 Å². The first-order chi connectivity index (χ1) is 34.8. The highest BCUT2D eigenvalue weighted by Crippen LogP contribution is 2.69. The summed E-state index contributed by atoms with van der Waals surface area (Å²) in [6.45, 7) is 12.4. The third-order valence-electron chi connectivity index (χ3n) is 18.6. The van der Waals surface area contributed by atoms with Gasteiger partial charge in [-0.2, -0.15) is 0 Å². The number of carboxylic acid groups (broad SMARTS) is 4. The summed E-state index contributed by atoms with van der Waals surface area (Å²) < 4.78 is 12.0. The molecule has 4 aliphatic rings. The molecule has 4 aliphatic carbocycles. The Morgan fingerprint density at radius 2 is 1.12 bits per heavy atom.